The van der Waals surface area contributed by atoms with Gasteiger partial charge in [0.1, 0.15) is 6.04 Å². The first-order chi connectivity index (χ1) is 13.1. The van der Waals surface area contributed by atoms with Gasteiger partial charge in [-0.25, -0.2) is 0 Å². The summed E-state index contributed by atoms with van der Waals surface area (Å²) in [6.07, 6.45) is 0. The normalized spacial score (nSPS) is 15.6. The van der Waals surface area contributed by atoms with E-state index in [-0.39, 0.29) is 5.78 Å². The first-order valence-corrected chi connectivity index (χ1v) is 9.15. The van der Waals surface area contributed by atoms with Crippen LogP contribution in [0.25, 0.3) is 0 Å². The molecule has 0 amide bonds. The molecule has 2 aromatic carbocycles. The number of ketones is 1. The lowest BCUT2D eigenvalue weighted by Crippen LogP contribution is -2.19. The Hall–Kier alpha value is -2.98. The van der Waals surface area contributed by atoms with Crippen LogP contribution < -0.4 is 14.2 Å². The number of nitriles is 1. The Kier molecular flexibility index (Phi) is 5.67. The summed E-state index contributed by atoms with van der Waals surface area (Å²) < 4.78 is 15.9. The van der Waals surface area contributed by atoms with Gasteiger partial charge in [0.2, 0.25) is 5.75 Å². The molecule has 1 aliphatic rings. The summed E-state index contributed by atoms with van der Waals surface area (Å²) >= 11 is 1.53. The SMILES string of the molecule is COc1cc(C(=O)C2CSC(c3ccc(C#N)cc3)=N2)cc(OC)c1OC. The number of benzene rings is 2. The van der Waals surface area contributed by atoms with Crippen LogP contribution in [0.2, 0.25) is 0 Å². The zero-order valence-electron chi connectivity index (χ0n) is 15.2. The first-order valence-electron chi connectivity index (χ1n) is 8.16. The van der Waals surface area contributed by atoms with Crippen molar-refractivity contribution in [3.05, 3.63) is 53.1 Å². The number of hydrogen-bond acceptors (Lipinski definition) is 7. The molecule has 0 fully saturated rings. The van der Waals surface area contributed by atoms with Crippen molar-refractivity contribution in [1.29, 1.82) is 5.26 Å². The molecule has 0 aliphatic carbocycles. The topological polar surface area (TPSA) is 80.9 Å². The van der Waals surface area contributed by atoms with Crippen LogP contribution in [0.3, 0.4) is 0 Å². The molecule has 0 saturated carbocycles. The molecule has 1 atom stereocenters. The molecular formula is C20H18N2O4S. The Morgan fingerprint density at radius 3 is 2.26 bits per heavy atom. The van der Waals surface area contributed by atoms with Crippen molar-refractivity contribution >= 4 is 22.6 Å². The molecule has 2 aromatic rings. The summed E-state index contributed by atoms with van der Waals surface area (Å²) in [5.74, 6) is 1.76. The van der Waals surface area contributed by atoms with Crippen LogP contribution in [0.5, 0.6) is 17.2 Å². The van der Waals surface area contributed by atoms with Gasteiger partial charge in [0, 0.05) is 16.9 Å². The quantitative estimate of drug-likeness (QED) is 0.713. The molecule has 0 saturated heterocycles. The molecule has 27 heavy (non-hydrogen) atoms. The third kappa shape index (κ3) is 3.76. The van der Waals surface area contributed by atoms with Gasteiger partial charge in [-0.1, -0.05) is 12.1 Å². The highest BCUT2D eigenvalue weighted by atomic mass is 32.2. The van der Waals surface area contributed by atoms with Crippen LogP contribution in [-0.2, 0) is 0 Å². The van der Waals surface area contributed by atoms with Crippen LogP contribution in [0.15, 0.2) is 41.4 Å². The minimum Gasteiger partial charge on any atom is -0.493 e. The van der Waals surface area contributed by atoms with Crippen molar-refractivity contribution < 1.29 is 19.0 Å². The van der Waals surface area contributed by atoms with Crippen LogP contribution in [0, 0.1) is 11.3 Å². The minimum absolute atomic E-state index is 0.106. The molecule has 0 aromatic heterocycles. The molecule has 1 unspecified atom stereocenters. The Balaban J connectivity index is 1.88. The number of nitrogens with zero attached hydrogens (tertiary/aromatic N) is 2. The van der Waals surface area contributed by atoms with E-state index in [4.69, 9.17) is 19.5 Å². The number of rotatable bonds is 6. The molecule has 6 nitrogen and oxygen atoms in total. The lowest BCUT2D eigenvalue weighted by Gasteiger charge is -2.14. The van der Waals surface area contributed by atoms with E-state index in [0.29, 0.717) is 34.1 Å². The molecule has 7 heteroatoms. The summed E-state index contributed by atoms with van der Waals surface area (Å²) in [5, 5.41) is 9.69. The molecule has 0 N–H and O–H groups in total. The summed E-state index contributed by atoms with van der Waals surface area (Å²) in [7, 11) is 4.54. The Morgan fingerprint density at radius 2 is 1.74 bits per heavy atom. The number of methoxy groups -OCH3 is 3. The predicted octanol–water partition coefficient (Wildman–Crippen LogP) is 3.33. The summed E-state index contributed by atoms with van der Waals surface area (Å²) in [6.45, 7) is 0. The highest BCUT2D eigenvalue weighted by Crippen LogP contribution is 2.39. The van der Waals surface area contributed by atoms with E-state index in [1.54, 1.807) is 24.3 Å². The average molecular weight is 382 g/mol. The van der Waals surface area contributed by atoms with E-state index in [1.165, 1.54) is 33.1 Å². The maximum atomic E-state index is 12.9. The molecule has 1 heterocycles. The van der Waals surface area contributed by atoms with Crippen LogP contribution in [-0.4, -0.2) is 44.0 Å². The van der Waals surface area contributed by atoms with Gasteiger partial charge in [0.15, 0.2) is 17.3 Å². The van der Waals surface area contributed by atoms with Gasteiger partial charge in [-0.15, -0.1) is 11.8 Å². The van der Waals surface area contributed by atoms with Crippen molar-refractivity contribution in [1.82, 2.24) is 0 Å². The minimum atomic E-state index is -0.483. The molecule has 0 spiro atoms. The monoisotopic (exact) mass is 382 g/mol. The highest BCUT2D eigenvalue weighted by molar-refractivity contribution is 8.14. The number of ether oxygens (including phenoxy) is 3. The van der Waals surface area contributed by atoms with Crippen molar-refractivity contribution in [2.75, 3.05) is 27.1 Å². The van der Waals surface area contributed by atoms with E-state index >= 15 is 0 Å². The molecular weight excluding hydrogens is 364 g/mol. The molecule has 0 bridgehead atoms. The number of carbonyl (C=O) groups excluding carboxylic acids is 1. The standard InChI is InChI=1S/C20H18N2O4S/c1-24-16-8-14(9-17(25-2)19(16)26-3)18(23)15-11-27-20(22-15)13-6-4-12(10-21)5-7-13/h4-9,15H,11H2,1-3H3. The van der Waals surface area contributed by atoms with E-state index in [1.807, 2.05) is 12.1 Å². The first kappa shape index (κ1) is 18.8. The fraction of sp³-hybridized carbons (Fsp3) is 0.250. The van der Waals surface area contributed by atoms with E-state index in [9.17, 15) is 4.79 Å². The average Bonchev–Trinajstić information content (AvgIpc) is 3.22. The lowest BCUT2D eigenvalue weighted by molar-refractivity contribution is 0.0971. The zero-order valence-corrected chi connectivity index (χ0v) is 16.0. The summed E-state index contributed by atoms with van der Waals surface area (Å²) in [5.41, 5.74) is 1.95. The van der Waals surface area contributed by atoms with Crippen LogP contribution in [0.4, 0.5) is 0 Å². The largest absolute Gasteiger partial charge is 0.493 e. The molecule has 1 aliphatic heterocycles. The summed E-state index contributed by atoms with van der Waals surface area (Å²) in [4.78, 5) is 17.5. The Bertz CT molecular complexity index is 907. The number of thioether (sulfide) groups is 1. The second-order valence-electron chi connectivity index (χ2n) is 5.73. The smallest absolute Gasteiger partial charge is 0.203 e. The fourth-order valence-corrected chi connectivity index (χ4v) is 3.82. The lowest BCUT2D eigenvalue weighted by atomic mass is 10.0. The second kappa shape index (κ2) is 8.14. The van der Waals surface area contributed by atoms with Crippen LogP contribution >= 0.6 is 11.8 Å². The van der Waals surface area contributed by atoms with Crippen molar-refractivity contribution in [2.45, 2.75) is 6.04 Å². The number of aliphatic imine (C=N–C) groups is 1. The van der Waals surface area contributed by atoms with Gasteiger partial charge in [-0.2, -0.15) is 5.26 Å². The second-order valence-corrected chi connectivity index (χ2v) is 6.74. The van der Waals surface area contributed by atoms with Crippen molar-refractivity contribution in [3.63, 3.8) is 0 Å². The third-order valence-corrected chi connectivity index (χ3v) is 5.26. The predicted molar refractivity (Wildman–Crippen MR) is 104 cm³/mol. The maximum absolute atomic E-state index is 12.9. The van der Waals surface area contributed by atoms with Crippen LogP contribution in [0.1, 0.15) is 21.5 Å². The van der Waals surface area contributed by atoms with Crippen molar-refractivity contribution in [2.24, 2.45) is 4.99 Å². The third-order valence-electron chi connectivity index (χ3n) is 4.16. The Labute approximate surface area is 161 Å². The van der Waals surface area contributed by atoms with Gasteiger partial charge in [-0.05, 0) is 24.3 Å². The zero-order chi connectivity index (χ0) is 19.4. The Morgan fingerprint density at radius 1 is 1.11 bits per heavy atom. The highest BCUT2D eigenvalue weighted by Gasteiger charge is 2.28. The van der Waals surface area contributed by atoms with Gasteiger partial charge < -0.3 is 14.2 Å². The van der Waals surface area contributed by atoms with Gasteiger partial charge in [0.25, 0.3) is 0 Å². The fourth-order valence-electron chi connectivity index (χ4n) is 2.77. The molecule has 0 radical (unpaired) electrons. The van der Waals surface area contributed by atoms with Gasteiger partial charge in [-0.3, -0.25) is 9.79 Å². The number of hydrogen-bond donors (Lipinski definition) is 0. The molecule has 138 valence electrons. The van der Waals surface area contributed by atoms with Gasteiger partial charge in [0.05, 0.1) is 38.0 Å². The van der Waals surface area contributed by atoms with E-state index in [0.717, 1.165) is 10.6 Å². The number of Topliss-reactive ketones (excluding diaryl/α,β-unsaturated/α-hetero) is 1. The van der Waals surface area contributed by atoms with E-state index in [2.05, 4.69) is 11.1 Å². The maximum Gasteiger partial charge on any atom is 0.203 e. The molecule has 3 rings (SSSR count). The van der Waals surface area contributed by atoms with Gasteiger partial charge >= 0.3 is 0 Å². The van der Waals surface area contributed by atoms with Crippen molar-refractivity contribution in [3.8, 4) is 23.3 Å². The summed E-state index contributed by atoms with van der Waals surface area (Å²) in [6, 6.07) is 12.1. The van der Waals surface area contributed by atoms with E-state index < -0.39 is 6.04 Å². The number of carbonyl (C=O) groups is 1.